The van der Waals surface area contributed by atoms with E-state index in [-0.39, 0.29) is 19.8 Å². The fourth-order valence-electron chi connectivity index (χ4n) is 2.22. The third-order valence-electron chi connectivity index (χ3n) is 3.29. The highest BCUT2D eigenvalue weighted by atomic mass is 32.1. The van der Waals surface area contributed by atoms with Crippen molar-refractivity contribution >= 4 is 35.0 Å². The zero-order chi connectivity index (χ0) is 18.7. The number of alkyl halides is 2. The molecule has 0 unspecified atom stereocenters. The van der Waals surface area contributed by atoms with Gasteiger partial charge >= 0.3 is 19.2 Å². The van der Waals surface area contributed by atoms with Crippen molar-refractivity contribution in [3.8, 4) is 0 Å². The van der Waals surface area contributed by atoms with Crippen LogP contribution in [0.2, 0.25) is 0 Å². The Bertz CT molecular complexity index is 795. The van der Waals surface area contributed by atoms with E-state index in [1.54, 1.807) is 13.0 Å². The fraction of sp³-hybridized carbons (Fsp3) is 0.438. The van der Waals surface area contributed by atoms with Crippen molar-refractivity contribution in [1.82, 2.24) is 0 Å². The van der Waals surface area contributed by atoms with Gasteiger partial charge in [0.2, 0.25) is 0 Å². The van der Waals surface area contributed by atoms with Crippen molar-refractivity contribution in [3.63, 3.8) is 0 Å². The van der Waals surface area contributed by atoms with Gasteiger partial charge in [-0.15, -0.1) is 11.3 Å². The SMILES string of the molecule is CCOC(=O)c1cc2ccc(C(F)(F)P(=O)(OCC)OCC)cc2s1. The summed E-state index contributed by atoms with van der Waals surface area (Å²) >= 11 is 1.03. The van der Waals surface area contributed by atoms with Gasteiger partial charge in [0.25, 0.3) is 0 Å². The summed E-state index contributed by atoms with van der Waals surface area (Å²) in [6, 6.07) is 5.38. The Morgan fingerprint density at radius 3 is 2.32 bits per heavy atom. The summed E-state index contributed by atoms with van der Waals surface area (Å²) in [4.78, 5) is 12.1. The van der Waals surface area contributed by atoms with E-state index in [4.69, 9.17) is 13.8 Å². The fourth-order valence-corrected chi connectivity index (χ4v) is 4.75. The maximum atomic E-state index is 14.8. The Morgan fingerprint density at radius 2 is 1.76 bits per heavy atom. The summed E-state index contributed by atoms with van der Waals surface area (Å²) in [6.07, 6.45) is 0. The molecule has 0 fully saturated rings. The van der Waals surface area contributed by atoms with Gasteiger partial charge in [0.1, 0.15) is 4.88 Å². The molecule has 0 bridgehead atoms. The van der Waals surface area contributed by atoms with Crippen LogP contribution in [-0.4, -0.2) is 25.8 Å². The van der Waals surface area contributed by atoms with Gasteiger partial charge in [-0.2, -0.15) is 8.78 Å². The molecule has 0 aliphatic carbocycles. The van der Waals surface area contributed by atoms with Crippen LogP contribution < -0.4 is 0 Å². The molecular weight excluding hydrogens is 373 g/mol. The van der Waals surface area contributed by atoms with Gasteiger partial charge in [0.15, 0.2) is 0 Å². The molecule has 0 amide bonds. The molecule has 1 aromatic carbocycles. The maximum absolute atomic E-state index is 14.8. The summed E-state index contributed by atoms with van der Waals surface area (Å²) in [7, 11) is -4.67. The van der Waals surface area contributed by atoms with Gasteiger partial charge in [-0.1, -0.05) is 12.1 Å². The van der Waals surface area contributed by atoms with Crippen LogP contribution in [0.1, 0.15) is 36.0 Å². The first kappa shape index (κ1) is 20.0. The number of ether oxygens (including phenoxy) is 1. The lowest BCUT2D eigenvalue weighted by molar-refractivity contribution is 0.0362. The monoisotopic (exact) mass is 392 g/mol. The minimum Gasteiger partial charge on any atom is -0.462 e. The molecule has 2 aromatic rings. The smallest absolute Gasteiger partial charge is 0.404 e. The molecule has 0 aliphatic heterocycles. The molecule has 138 valence electrons. The lowest BCUT2D eigenvalue weighted by Gasteiger charge is -2.25. The Morgan fingerprint density at radius 1 is 1.12 bits per heavy atom. The number of hydrogen-bond donors (Lipinski definition) is 0. The number of fused-ring (bicyclic) bond motifs is 1. The highest BCUT2D eigenvalue weighted by Gasteiger charge is 2.54. The molecule has 0 atom stereocenters. The van der Waals surface area contributed by atoms with E-state index in [1.165, 1.54) is 26.0 Å². The third kappa shape index (κ3) is 3.92. The summed E-state index contributed by atoms with van der Waals surface area (Å²) in [5, 5.41) is 0.621. The second-order valence-corrected chi connectivity index (χ2v) is 8.11. The predicted molar refractivity (Wildman–Crippen MR) is 92.5 cm³/mol. The number of hydrogen-bond acceptors (Lipinski definition) is 6. The van der Waals surface area contributed by atoms with Gasteiger partial charge < -0.3 is 13.8 Å². The second kappa shape index (κ2) is 7.91. The van der Waals surface area contributed by atoms with Crippen molar-refractivity contribution in [2.45, 2.75) is 26.4 Å². The topological polar surface area (TPSA) is 61.8 Å². The highest BCUT2D eigenvalue weighted by Crippen LogP contribution is 2.66. The molecule has 1 heterocycles. The van der Waals surface area contributed by atoms with Crippen LogP contribution in [0.25, 0.3) is 10.1 Å². The average Bonchev–Trinajstić information content (AvgIpc) is 2.98. The van der Waals surface area contributed by atoms with Gasteiger partial charge in [-0.05, 0) is 38.3 Å². The first-order chi connectivity index (χ1) is 11.8. The quantitative estimate of drug-likeness (QED) is 0.445. The van der Waals surface area contributed by atoms with Crippen LogP contribution in [0.5, 0.6) is 0 Å². The number of esters is 1. The van der Waals surface area contributed by atoms with Crippen LogP contribution in [0, 0.1) is 0 Å². The minimum atomic E-state index is -4.67. The molecule has 0 spiro atoms. The van der Waals surface area contributed by atoms with Crippen molar-refractivity contribution in [1.29, 1.82) is 0 Å². The normalized spacial score (nSPS) is 12.5. The highest BCUT2D eigenvalue weighted by molar-refractivity contribution is 7.54. The van der Waals surface area contributed by atoms with Crippen LogP contribution in [0.4, 0.5) is 8.78 Å². The van der Waals surface area contributed by atoms with Gasteiger partial charge in [-0.25, -0.2) is 4.79 Å². The van der Waals surface area contributed by atoms with E-state index < -0.39 is 24.8 Å². The number of halogens is 2. The molecular formula is C16H19F2O5PS. The van der Waals surface area contributed by atoms with Crippen molar-refractivity contribution < 1.29 is 31.9 Å². The number of benzene rings is 1. The Kier molecular flexibility index (Phi) is 6.32. The molecule has 0 aliphatic rings. The first-order valence-corrected chi connectivity index (χ1v) is 10.1. The van der Waals surface area contributed by atoms with E-state index in [0.717, 1.165) is 17.4 Å². The van der Waals surface area contributed by atoms with Crippen molar-refractivity contribution in [3.05, 3.63) is 34.7 Å². The minimum absolute atomic E-state index is 0.166. The Balaban J connectivity index is 2.45. The van der Waals surface area contributed by atoms with Crippen LogP contribution in [-0.2, 0) is 24.0 Å². The van der Waals surface area contributed by atoms with E-state index in [0.29, 0.717) is 15.0 Å². The molecule has 0 N–H and O–H groups in total. The molecule has 5 nitrogen and oxygen atoms in total. The number of carbonyl (C=O) groups excluding carboxylic acids is 1. The summed E-state index contributed by atoms with van der Waals surface area (Å²) in [5.41, 5.74) is -4.29. The van der Waals surface area contributed by atoms with Crippen molar-refractivity contribution in [2.24, 2.45) is 0 Å². The number of rotatable bonds is 8. The molecule has 25 heavy (non-hydrogen) atoms. The van der Waals surface area contributed by atoms with Crippen LogP contribution in [0.3, 0.4) is 0 Å². The summed E-state index contributed by atoms with van der Waals surface area (Å²) in [5.74, 6) is -0.508. The van der Waals surface area contributed by atoms with Crippen LogP contribution in [0.15, 0.2) is 24.3 Å². The summed E-state index contributed by atoms with van der Waals surface area (Å²) in [6.45, 7) is 4.51. The largest absolute Gasteiger partial charge is 0.462 e. The summed E-state index contributed by atoms with van der Waals surface area (Å²) < 4.78 is 57.0. The Labute approximate surface area is 148 Å². The lowest BCUT2D eigenvalue weighted by atomic mass is 10.2. The Hall–Kier alpha value is -1.34. The van der Waals surface area contributed by atoms with Gasteiger partial charge in [-0.3, -0.25) is 4.57 Å². The molecule has 2 rings (SSSR count). The van der Waals surface area contributed by atoms with Crippen molar-refractivity contribution in [2.75, 3.05) is 19.8 Å². The average molecular weight is 392 g/mol. The molecule has 0 saturated heterocycles. The van der Waals surface area contributed by atoms with E-state index in [9.17, 15) is 18.1 Å². The lowest BCUT2D eigenvalue weighted by Crippen LogP contribution is -2.18. The van der Waals surface area contributed by atoms with E-state index >= 15 is 0 Å². The van der Waals surface area contributed by atoms with Gasteiger partial charge in [0, 0.05) is 10.3 Å². The standard InChI is InChI=1S/C16H19F2O5PS/c1-4-21-15(19)14-9-11-7-8-12(10-13(11)25-14)16(17,18)24(20,22-5-2)23-6-3/h7-10H,4-6H2,1-3H3. The molecule has 0 radical (unpaired) electrons. The van der Waals surface area contributed by atoms with Crippen LogP contribution >= 0.6 is 18.9 Å². The van der Waals surface area contributed by atoms with E-state index in [2.05, 4.69) is 0 Å². The second-order valence-electron chi connectivity index (χ2n) is 4.96. The number of carbonyl (C=O) groups is 1. The first-order valence-electron chi connectivity index (χ1n) is 7.77. The zero-order valence-electron chi connectivity index (χ0n) is 14.1. The molecule has 1 aromatic heterocycles. The predicted octanol–water partition coefficient (Wildman–Crippen LogP) is 5.39. The maximum Gasteiger partial charge on any atom is 0.404 e. The zero-order valence-corrected chi connectivity index (χ0v) is 15.8. The molecule has 0 saturated carbocycles. The van der Waals surface area contributed by atoms with Gasteiger partial charge in [0.05, 0.1) is 19.8 Å². The third-order valence-corrected chi connectivity index (χ3v) is 6.51. The molecule has 9 heteroatoms. The van der Waals surface area contributed by atoms with E-state index in [1.807, 2.05) is 0 Å². The number of thiophene rings is 1.